The van der Waals surface area contributed by atoms with Crippen molar-refractivity contribution in [2.45, 2.75) is 46.0 Å². The van der Waals surface area contributed by atoms with Crippen LogP contribution in [0.4, 0.5) is 5.00 Å². The van der Waals surface area contributed by atoms with Crippen LogP contribution in [0.25, 0.3) is 0 Å². The van der Waals surface area contributed by atoms with Crippen molar-refractivity contribution in [2.24, 2.45) is 11.8 Å². The van der Waals surface area contributed by atoms with Crippen LogP contribution in [0.1, 0.15) is 49.1 Å². The van der Waals surface area contributed by atoms with E-state index in [4.69, 9.17) is 0 Å². The van der Waals surface area contributed by atoms with Crippen LogP contribution in [0.5, 0.6) is 0 Å². The third-order valence-electron chi connectivity index (χ3n) is 4.98. The van der Waals surface area contributed by atoms with E-state index in [1.807, 2.05) is 0 Å². The number of carbonyl (C=O) groups excluding carboxylic acids is 1. The van der Waals surface area contributed by atoms with Crippen LogP contribution >= 0.6 is 11.3 Å². The molecule has 4 nitrogen and oxygen atoms in total. The van der Waals surface area contributed by atoms with Gasteiger partial charge in [0.2, 0.25) is 5.91 Å². The predicted molar refractivity (Wildman–Crippen MR) is 93.7 cm³/mol. The van der Waals surface area contributed by atoms with Crippen molar-refractivity contribution in [3.8, 4) is 6.07 Å². The summed E-state index contributed by atoms with van der Waals surface area (Å²) >= 11 is 1.61. The highest BCUT2D eigenvalue weighted by molar-refractivity contribution is 7.16. The maximum Gasteiger partial charge on any atom is 0.239 e. The Bertz CT molecular complexity index is 631. The Morgan fingerprint density at radius 3 is 2.96 bits per heavy atom. The van der Waals surface area contributed by atoms with Crippen molar-refractivity contribution in [3.63, 3.8) is 0 Å². The zero-order valence-corrected chi connectivity index (χ0v) is 14.8. The van der Waals surface area contributed by atoms with Crippen LogP contribution in [-0.4, -0.2) is 30.4 Å². The number of nitrogens with one attached hydrogen (secondary N) is 1. The Labute approximate surface area is 142 Å². The lowest BCUT2D eigenvalue weighted by Crippen LogP contribution is -2.39. The van der Waals surface area contributed by atoms with Gasteiger partial charge in [-0.3, -0.25) is 9.69 Å². The molecule has 1 aliphatic carbocycles. The SMILES string of the molecule is CC1CCc2c(sc(NC(=O)CN3CCCC(C)C3)c2C#N)C1. The van der Waals surface area contributed by atoms with E-state index >= 15 is 0 Å². The van der Waals surface area contributed by atoms with E-state index in [0.717, 1.165) is 37.4 Å². The number of rotatable bonds is 3. The van der Waals surface area contributed by atoms with Crippen LogP contribution in [0.3, 0.4) is 0 Å². The molecule has 1 fully saturated rings. The van der Waals surface area contributed by atoms with Crippen molar-refractivity contribution in [1.82, 2.24) is 4.90 Å². The fourth-order valence-corrected chi connectivity index (χ4v) is 5.13. The first-order chi connectivity index (χ1) is 11.1. The van der Waals surface area contributed by atoms with Gasteiger partial charge in [-0.25, -0.2) is 0 Å². The Kier molecular flexibility index (Phi) is 5.03. The van der Waals surface area contributed by atoms with Crippen LogP contribution in [0.15, 0.2) is 0 Å². The van der Waals surface area contributed by atoms with Gasteiger partial charge in [0, 0.05) is 11.4 Å². The average Bonchev–Trinajstić information content (AvgIpc) is 2.82. The molecule has 3 rings (SSSR count). The summed E-state index contributed by atoms with van der Waals surface area (Å²) < 4.78 is 0. The Hall–Kier alpha value is -1.38. The quantitative estimate of drug-likeness (QED) is 0.923. The largest absolute Gasteiger partial charge is 0.315 e. The molecular weight excluding hydrogens is 306 g/mol. The topological polar surface area (TPSA) is 56.1 Å². The molecule has 1 saturated heterocycles. The number of amides is 1. The molecule has 5 heteroatoms. The molecule has 0 radical (unpaired) electrons. The second kappa shape index (κ2) is 7.02. The zero-order chi connectivity index (χ0) is 16.4. The summed E-state index contributed by atoms with van der Waals surface area (Å²) in [5.74, 6) is 1.36. The van der Waals surface area contributed by atoms with E-state index < -0.39 is 0 Å². The van der Waals surface area contributed by atoms with E-state index in [1.165, 1.54) is 23.3 Å². The zero-order valence-electron chi connectivity index (χ0n) is 14.0. The first-order valence-corrected chi connectivity index (χ1v) is 9.45. The molecule has 2 aliphatic rings. The maximum atomic E-state index is 12.4. The van der Waals surface area contributed by atoms with Gasteiger partial charge in [0.05, 0.1) is 12.1 Å². The summed E-state index contributed by atoms with van der Waals surface area (Å²) in [4.78, 5) is 15.9. The number of nitriles is 1. The van der Waals surface area contributed by atoms with Crippen LogP contribution in [0.2, 0.25) is 0 Å². The van der Waals surface area contributed by atoms with Crippen molar-refractivity contribution in [3.05, 3.63) is 16.0 Å². The van der Waals surface area contributed by atoms with Crippen LogP contribution in [-0.2, 0) is 17.6 Å². The minimum Gasteiger partial charge on any atom is -0.315 e. The molecule has 1 aliphatic heterocycles. The number of piperidine rings is 1. The van der Waals surface area contributed by atoms with E-state index in [1.54, 1.807) is 11.3 Å². The number of fused-ring (bicyclic) bond motifs is 1. The highest BCUT2D eigenvalue weighted by Gasteiger charge is 2.25. The van der Waals surface area contributed by atoms with Crippen molar-refractivity contribution >= 4 is 22.2 Å². The molecule has 0 saturated carbocycles. The van der Waals surface area contributed by atoms with Gasteiger partial charge in [-0.15, -0.1) is 11.3 Å². The second-order valence-electron chi connectivity index (χ2n) is 7.20. The summed E-state index contributed by atoms with van der Waals surface area (Å²) in [7, 11) is 0. The summed E-state index contributed by atoms with van der Waals surface area (Å²) in [6.45, 7) is 6.93. The molecule has 1 N–H and O–H groups in total. The monoisotopic (exact) mass is 331 g/mol. The normalized spacial score (nSPS) is 24.7. The molecule has 2 heterocycles. The Balaban J connectivity index is 1.68. The molecule has 124 valence electrons. The second-order valence-corrected chi connectivity index (χ2v) is 8.30. The maximum absolute atomic E-state index is 12.4. The predicted octanol–water partition coefficient (Wildman–Crippen LogP) is 3.41. The number of anilines is 1. The Morgan fingerprint density at radius 1 is 1.39 bits per heavy atom. The van der Waals surface area contributed by atoms with Crippen molar-refractivity contribution in [1.29, 1.82) is 5.26 Å². The lowest BCUT2D eigenvalue weighted by molar-refractivity contribution is -0.117. The third kappa shape index (κ3) is 3.76. The molecule has 23 heavy (non-hydrogen) atoms. The number of carbonyl (C=O) groups is 1. The molecule has 2 unspecified atom stereocenters. The highest BCUT2D eigenvalue weighted by atomic mass is 32.1. The summed E-state index contributed by atoms with van der Waals surface area (Å²) in [5.41, 5.74) is 1.88. The minimum atomic E-state index is 0.0160. The standard InChI is InChI=1S/C18H25N3OS/c1-12-5-6-14-15(9-19)18(23-16(14)8-12)20-17(22)11-21-7-3-4-13(2)10-21/h12-13H,3-8,10-11H2,1-2H3,(H,20,22). The number of likely N-dealkylation sites (tertiary alicyclic amines) is 1. The van der Waals surface area contributed by atoms with E-state index in [9.17, 15) is 10.1 Å². The summed E-state index contributed by atoms with van der Waals surface area (Å²) in [5, 5.41) is 13.3. The molecule has 1 aromatic heterocycles. The lowest BCUT2D eigenvalue weighted by atomic mass is 9.89. The summed E-state index contributed by atoms with van der Waals surface area (Å²) in [6.07, 6.45) is 5.57. The molecule has 1 aromatic rings. The first-order valence-electron chi connectivity index (χ1n) is 8.63. The average molecular weight is 331 g/mol. The molecule has 2 atom stereocenters. The van der Waals surface area contributed by atoms with Gasteiger partial charge in [0.15, 0.2) is 0 Å². The molecular formula is C18H25N3OS. The third-order valence-corrected chi connectivity index (χ3v) is 6.15. The van der Waals surface area contributed by atoms with Crippen LogP contribution in [0, 0.1) is 23.2 Å². The summed E-state index contributed by atoms with van der Waals surface area (Å²) in [6, 6.07) is 2.32. The lowest BCUT2D eigenvalue weighted by Gasteiger charge is -2.30. The van der Waals surface area contributed by atoms with Gasteiger partial charge in [-0.1, -0.05) is 13.8 Å². The Morgan fingerprint density at radius 2 is 2.22 bits per heavy atom. The van der Waals surface area contributed by atoms with Gasteiger partial charge in [0.25, 0.3) is 0 Å². The molecule has 1 amide bonds. The van der Waals surface area contributed by atoms with E-state index in [-0.39, 0.29) is 5.91 Å². The molecule has 0 bridgehead atoms. The fourth-order valence-electron chi connectivity index (χ4n) is 3.76. The molecule has 0 aromatic carbocycles. The smallest absolute Gasteiger partial charge is 0.239 e. The number of nitrogens with zero attached hydrogens (tertiary/aromatic N) is 2. The van der Waals surface area contributed by atoms with Gasteiger partial charge >= 0.3 is 0 Å². The number of hydrogen-bond donors (Lipinski definition) is 1. The number of hydrogen-bond acceptors (Lipinski definition) is 4. The van der Waals surface area contributed by atoms with Gasteiger partial charge in [0.1, 0.15) is 11.1 Å². The minimum absolute atomic E-state index is 0.0160. The molecule has 0 spiro atoms. The van der Waals surface area contributed by atoms with Crippen LogP contribution < -0.4 is 5.32 Å². The number of thiophene rings is 1. The fraction of sp³-hybridized carbons (Fsp3) is 0.667. The van der Waals surface area contributed by atoms with Gasteiger partial charge in [-0.2, -0.15) is 5.26 Å². The van der Waals surface area contributed by atoms with Gasteiger partial charge < -0.3 is 5.32 Å². The van der Waals surface area contributed by atoms with Crippen molar-refractivity contribution in [2.75, 3.05) is 25.0 Å². The van der Waals surface area contributed by atoms with Crippen molar-refractivity contribution < 1.29 is 4.79 Å². The van der Waals surface area contributed by atoms with E-state index in [2.05, 4.69) is 30.1 Å². The highest BCUT2D eigenvalue weighted by Crippen LogP contribution is 2.39. The first kappa shape index (κ1) is 16.5. The van der Waals surface area contributed by atoms with Gasteiger partial charge in [-0.05, 0) is 56.0 Å². The van der Waals surface area contributed by atoms with E-state index in [0.29, 0.717) is 23.9 Å².